The maximum Gasteiger partial charge on any atom is 0.306 e. The van der Waals surface area contributed by atoms with Gasteiger partial charge in [-0.05, 0) is 83.5 Å². The van der Waals surface area contributed by atoms with Crippen LogP contribution in [0.5, 0.6) is 0 Å². The Morgan fingerprint density at radius 2 is 0.507 bits per heavy atom. The number of allylic oxidation sites excluding steroid dienone is 8. The summed E-state index contributed by atoms with van der Waals surface area (Å²) >= 11 is 0. The molecule has 0 amide bonds. The van der Waals surface area contributed by atoms with Crippen LogP contribution in [0.25, 0.3) is 0 Å². The summed E-state index contributed by atoms with van der Waals surface area (Å²) in [5, 5.41) is 0. The normalized spacial score (nSPS) is 12.3. The fraction of sp³-hybridized carbons (Fsp3) is 0.831. The molecule has 0 fully saturated rings. The molecule has 0 rings (SSSR count). The molecule has 0 aliphatic heterocycles. The van der Waals surface area contributed by atoms with Crippen LogP contribution in [-0.2, 0) is 28.6 Å². The first kappa shape index (κ1) is 68.4. The van der Waals surface area contributed by atoms with Gasteiger partial charge in [-0.25, -0.2) is 0 Å². The lowest BCUT2D eigenvalue weighted by Gasteiger charge is -2.18. The minimum atomic E-state index is -0.773. The third-order valence-corrected chi connectivity index (χ3v) is 13.8. The first-order valence-electron chi connectivity index (χ1n) is 31.1. The van der Waals surface area contributed by atoms with Crippen molar-refractivity contribution in [2.45, 2.75) is 335 Å². The van der Waals surface area contributed by atoms with E-state index in [2.05, 4.69) is 69.4 Å². The van der Waals surface area contributed by atoms with E-state index in [0.29, 0.717) is 19.3 Å². The van der Waals surface area contributed by atoms with E-state index in [9.17, 15) is 14.4 Å². The van der Waals surface area contributed by atoms with Crippen molar-refractivity contribution in [3.8, 4) is 0 Å². The predicted molar refractivity (Wildman–Crippen MR) is 307 cm³/mol. The summed E-state index contributed by atoms with van der Waals surface area (Å²) in [4.78, 5) is 38.1. The van der Waals surface area contributed by atoms with E-state index in [1.165, 1.54) is 218 Å². The van der Waals surface area contributed by atoms with Gasteiger partial charge in [-0.3, -0.25) is 14.4 Å². The first-order chi connectivity index (χ1) is 35.0. The van der Waals surface area contributed by atoms with Crippen LogP contribution in [0.2, 0.25) is 0 Å². The van der Waals surface area contributed by atoms with E-state index < -0.39 is 6.10 Å². The van der Waals surface area contributed by atoms with Gasteiger partial charge in [-0.1, -0.05) is 275 Å². The lowest BCUT2D eigenvalue weighted by Crippen LogP contribution is -2.30. The number of ether oxygens (including phenoxy) is 3. The second-order valence-electron chi connectivity index (χ2n) is 21.0. The molecule has 6 nitrogen and oxygen atoms in total. The van der Waals surface area contributed by atoms with Crippen LogP contribution in [0.15, 0.2) is 48.6 Å². The molecule has 0 aromatic rings. The highest BCUT2D eigenvalue weighted by Gasteiger charge is 2.19. The topological polar surface area (TPSA) is 78.9 Å². The van der Waals surface area contributed by atoms with Crippen molar-refractivity contribution >= 4 is 17.9 Å². The Morgan fingerprint density at radius 3 is 0.803 bits per heavy atom. The number of hydrogen-bond donors (Lipinski definition) is 0. The number of rotatable bonds is 57. The van der Waals surface area contributed by atoms with Crippen molar-refractivity contribution in [1.82, 2.24) is 0 Å². The van der Waals surface area contributed by atoms with Crippen molar-refractivity contribution in [2.75, 3.05) is 13.2 Å². The Bertz CT molecular complexity index is 1230. The molecular weight excluding hydrogens is 877 g/mol. The third-order valence-electron chi connectivity index (χ3n) is 13.8. The number of esters is 3. The van der Waals surface area contributed by atoms with E-state index in [1.54, 1.807) is 0 Å². The minimum absolute atomic E-state index is 0.0720. The van der Waals surface area contributed by atoms with Crippen LogP contribution in [-0.4, -0.2) is 37.2 Å². The van der Waals surface area contributed by atoms with Crippen LogP contribution in [0.4, 0.5) is 0 Å². The molecule has 0 aliphatic carbocycles. The molecular formula is C65H118O6. The largest absolute Gasteiger partial charge is 0.462 e. The molecule has 0 saturated carbocycles. The maximum atomic E-state index is 12.8. The van der Waals surface area contributed by atoms with Crippen molar-refractivity contribution in [1.29, 1.82) is 0 Å². The van der Waals surface area contributed by atoms with Crippen LogP contribution < -0.4 is 0 Å². The van der Waals surface area contributed by atoms with Crippen LogP contribution in [0.3, 0.4) is 0 Å². The molecule has 0 aliphatic rings. The van der Waals surface area contributed by atoms with Crippen molar-refractivity contribution in [3.63, 3.8) is 0 Å². The number of hydrogen-bond acceptors (Lipinski definition) is 6. The second kappa shape index (κ2) is 59.9. The molecule has 6 heteroatoms. The zero-order valence-electron chi connectivity index (χ0n) is 47.5. The Morgan fingerprint density at radius 1 is 0.282 bits per heavy atom. The van der Waals surface area contributed by atoms with Gasteiger partial charge in [0.25, 0.3) is 0 Å². The van der Waals surface area contributed by atoms with Gasteiger partial charge in [0.05, 0.1) is 0 Å². The standard InChI is InChI=1S/C65H118O6/c1-4-7-10-13-16-19-21-23-25-27-28-29-30-31-32-33-34-35-36-38-39-41-43-46-49-52-55-58-64(67)70-61-62(60-69-63(66)57-54-51-48-45-18-15-12-9-6-3)71-65(68)59-56-53-50-47-44-42-40-37-26-24-22-20-17-14-11-8-5-2/h21,23-24,26-28,30-31,62H,4-20,22,25,29,32-61H2,1-3H3/b23-21-,26-24-,28-27-,31-30-. The number of unbranched alkanes of at least 4 members (excludes halogenated alkanes) is 38. The van der Waals surface area contributed by atoms with Crippen molar-refractivity contribution in [2.24, 2.45) is 0 Å². The van der Waals surface area contributed by atoms with Crippen molar-refractivity contribution < 1.29 is 28.6 Å². The average molecular weight is 996 g/mol. The summed E-state index contributed by atoms with van der Waals surface area (Å²) in [5.41, 5.74) is 0. The van der Waals surface area contributed by atoms with Gasteiger partial charge in [0.15, 0.2) is 6.10 Å². The molecule has 0 heterocycles. The quantitative estimate of drug-likeness (QED) is 0.0261. The van der Waals surface area contributed by atoms with Crippen LogP contribution in [0.1, 0.15) is 329 Å². The SMILES string of the molecule is CCCCCCC/C=C\C/C=C\C/C=C\CCCCCCCCCCCCCCC(=O)OCC(COC(=O)CCCCCCCCCCC)OC(=O)CCCCCCCCC/C=C\CCCCCCCC. The lowest BCUT2D eigenvalue weighted by atomic mass is 10.0. The lowest BCUT2D eigenvalue weighted by molar-refractivity contribution is -0.167. The van der Waals surface area contributed by atoms with Gasteiger partial charge < -0.3 is 14.2 Å². The van der Waals surface area contributed by atoms with E-state index in [0.717, 1.165) is 70.6 Å². The maximum absolute atomic E-state index is 12.8. The molecule has 0 N–H and O–H groups in total. The summed E-state index contributed by atoms with van der Waals surface area (Å²) in [6.07, 6.45) is 74.1. The Kier molecular flexibility index (Phi) is 57.7. The number of carbonyl (C=O) groups is 3. The Labute approximate surface area is 441 Å². The molecule has 0 bridgehead atoms. The molecule has 0 aromatic heterocycles. The van der Waals surface area contributed by atoms with E-state index in [-0.39, 0.29) is 31.1 Å². The van der Waals surface area contributed by atoms with E-state index >= 15 is 0 Å². The zero-order valence-corrected chi connectivity index (χ0v) is 47.5. The molecule has 0 spiro atoms. The minimum Gasteiger partial charge on any atom is -0.462 e. The Balaban J connectivity index is 4.17. The van der Waals surface area contributed by atoms with Gasteiger partial charge in [-0.2, -0.15) is 0 Å². The highest BCUT2D eigenvalue weighted by Crippen LogP contribution is 2.16. The average Bonchev–Trinajstić information content (AvgIpc) is 3.37. The predicted octanol–water partition coefficient (Wildman–Crippen LogP) is 21.0. The fourth-order valence-corrected chi connectivity index (χ4v) is 9.09. The summed E-state index contributed by atoms with van der Waals surface area (Å²) in [6.45, 7) is 6.64. The summed E-state index contributed by atoms with van der Waals surface area (Å²) in [6, 6.07) is 0. The molecule has 414 valence electrons. The highest BCUT2D eigenvalue weighted by molar-refractivity contribution is 5.71. The van der Waals surface area contributed by atoms with Gasteiger partial charge >= 0.3 is 17.9 Å². The summed E-state index contributed by atoms with van der Waals surface area (Å²) in [5.74, 6) is -0.865. The smallest absolute Gasteiger partial charge is 0.306 e. The Hall–Kier alpha value is -2.63. The first-order valence-corrected chi connectivity index (χ1v) is 31.1. The fourth-order valence-electron chi connectivity index (χ4n) is 9.09. The van der Waals surface area contributed by atoms with Crippen LogP contribution >= 0.6 is 0 Å². The van der Waals surface area contributed by atoms with Crippen LogP contribution in [0, 0.1) is 0 Å². The summed E-state index contributed by atoms with van der Waals surface area (Å²) in [7, 11) is 0. The molecule has 1 atom stereocenters. The molecule has 0 saturated heterocycles. The molecule has 0 radical (unpaired) electrons. The second-order valence-corrected chi connectivity index (χ2v) is 21.0. The van der Waals surface area contributed by atoms with Gasteiger partial charge in [-0.15, -0.1) is 0 Å². The molecule has 0 aromatic carbocycles. The molecule has 71 heavy (non-hydrogen) atoms. The third kappa shape index (κ3) is 58.1. The van der Waals surface area contributed by atoms with Gasteiger partial charge in [0, 0.05) is 19.3 Å². The van der Waals surface area contributed by atoms with Gasteiger partial charge in [0.2, 0.25) is 0 Å². The molecule has 1 unspecified atom stereocenters. The number of carbonyl (C=O) groups excluding carboxylic acids is 3. The monoisotopic (exact) mass is 995 g/mol. The van der Waals surface area contributed by atoms with E-state index in [1.807, 2.05) is 0 Å². The summed E-state index contributed by atoms with van der Waals surface area (Å²) < 4.78 is 16.9. The zero-order chi connectivity index (χ0) is 51.4. The van der Waals surface area contributed by atoms with Gasteiger partial charge in [0.1, 0.15) is 13.2 Å². The van der Waals surface area contributed by atoms with Crippen molar-refractivity contribution in [3.05, 3.63) is 48.6 Å². The highest BCUT2D eigenvalue weighted by atomic mass is 16.6. The van der Waals surface area contributed by atoms with E-state index in [4.69, 9.17) is 14.2 Å².